The highest BCUT2D eigenvalue weighted by Gasteiger charge is 2.17. The topological polar surface area (TPSA) is 12.5 Å². The molecule has 1 saturated heterocycles. The van der Waals surface area contributed by atoms with Crippen molar-refractivity contribution in [3.05, 3.63) is 35.4 Å². The van der Waals surface area contributed by atoms with Crippen LogP contribution in [0.25, 0.3) is 0 Å². The Morgan fingerprint density at radius 1 is 1.22 bits per heavy atom. The number of ether oxygens (including phenoxy) is 1. The summed E-state index contributed by atoms with van der Waals surface area (Å²) < 4.78 is 5.35. The van der Waals surface area contributed by atoms with E-state index in [4.69, 9.17) is 11.2 Å². The summed E-state index contributed by atoms with van der Waals surface area (Å²) in [6.45, 7) is 8.90. The number of terminal acetylenes is 1. The van der Waals surface area contributed by atoms with Gasteiger partial charge in [-0.15, -0.1) is 6.42 Å². The molecule has 1 heterocycles. The Morgan fingerprint density at radius 3 is 2.39 bits per heavy atom. The molecule has 1 fully saturated rings. The Balaban J connectivity index is 2.01. The van der Waals surface area contributed by atoms with Crippen LogP contribution in [-0.4, -0.2) is 31.2 Å². The Bertz CT molecular complexity index is 421. The molecule has 2 nitrogen and oxygen atoms in total. The molecule has 0 bridgehead atoms. The highest BCUT2D eigenvalue weighted by atomic mass is 16.5. The molecule has 0 aromatic heterocycles. The summed E-state index contributed by atoms with van der Waals surface area (Å²) in [5, 5.41) is 0. The quantitative estimate of drug-likeness (QED) is 0.756. The van der Waals surface area contributed by atoms with E-state index in [1.807, 2.05) is 0 Å². The van der Waals surface area contributed by atoms with Crippen molar-refractivity contribution in [2.24, 2.45) is 0 Å². The normalized spacial score (nSPS) is 17.4. The molecule has 0 aliphatic carbocycles. The second-order valence-corrected chi connectivity index (χ2v) is 5.35. The van der Waals surface area contributed by atoms with Crippen LogP contribution in [0.4, 0.5) is 0 Å². The summed E-state index contributed by atoms with van der Waals surface area (Å²) in [6.07, 6.45) is 5.55. The first-order valence-corrected chi connectivity index (χ1v) is 6.49. The molecule has 1 aliphatic rings. The maximum Gasteiger partial charge on any atom is 0.0594 e. The van der Waals surface area contributed by atoms with Gasteiger partial charge in [0.2, 0.25) is 0 Å². The molecule has 96 valence electrons. The first kappa shape index (κ1) is 13.1. The number of morpholine rings is 1. The van der Waals surface area contributed by atoms with E-state index in [0.717, 1.165) is 32.8 Å². The maximum absolute atomic E-state index is 5.55. The van der Waals surface area contributed by atoms with Gasteiger partial charge in [0.1, 0.15) is 0 Å². The van der Waals surface area contributed by atoms with E-state index in [1.54, 1.807) is 0 Å². The molecule has 1 aromatic rings. The van der Waals surface area contributed by atoms with Gasteiger partial charge in [-0.3, -0.25) is 4.90 Å². The largest absolute Gasteiger partial charge is 0.379 e. The van der Waals surface area contributed by atoms with Crippen LogP contribution < -0.4 is 0 Å². The van der Waals surface area contributed by atoms with E-state index in [-0.39, 0.29) is 5.41 Å². The summed E-state index contributed by atoms with van der Waals surface area (Å²) >= 11 is 0. The molecule has 18 heavy (non-hydrogen) atoms. The molecule has 1 aliphatic heterocycles. The zero-order valence-corrected chi connectivity index (χ0v) is 11.3. The fourth-order valence-electron chi connectivity index (χ4n) is 2.13. The lowest BCUT2D eigenvalue weighted by Gasteiger charge is -2.27. The van der Waals surface area contributed by atoms with Crippen LogP contribution in [-0.2, 0) is 16.7 Å². The average Bonchev–Trinajstić information content (AvgIpc) is 2.40. The van der Waals surface area contributed by atoms with Gasteiger partial charge in [0, 0.05) is 19.6 Å². The van der Waals surface area contributed by atoms with Crippen molar-refractivity contribution in [3.63, 3.8) is 0 Å². The predicted octanol–water partition coefficient (Wildman–Crippen LogP) is 2.43. The number of rotatable bonds is 3. The SMILES string of the molecule is C#CC(C)(C)c1ccc(CN2CCOCC2)cc1. The van der Waals surface area contributed by atoms with Crippen molar-refractivity contribution in [1.29, 1.82) is 0 Å². The third kappa shape index (κ3) is 3.13. The Kier molecular flexibility index (Phi) is 4.06. The second-order valence-electron chi connectivity index (χ2n) is 5.35. The zero-order valence-electron chi connectivity index (χ0n) is 11.3. The first-order chi connectivity index (χ1) is 8.62. The second kappa shape index (κ2) is 5.56. The van der Waals surface area contributed by atoms with Crippen LogP contribution in [0.15, 0.2) is 24.3 Å². The zero-order chi connectivity index (χ0) is 13.0. The van der Waals surface area contributed by atoms with Gasteiger partial charge in [-0.2, -0.15) is 0 Å². The highest BCUT2D eigenvalue weighted by Crippen LogP contribution is 2.22. The van der Waals surface area contributed by atoms with Crippen LogP contribution in [0.1, 0.15) is 25.0 Å². The van der Waals surface area contributed by atoms with Crippen molar-refractivity contribution in [1.82, 2.24) is 4.90 Å². The molecule has 0 atom stereocenters. The molecule has 0 spiro atoms. The highest BCUT2D eigenvalue weighted by molar-refractivity contribution is 5.34. The fraction of sp³-hybridized carbons (Fsp3) is 0.500. The number of benzene rings is 1. The lowest BCUT2D eigenvalue weighted by Crippen LogP contribution is -2.35. The summed E-state index contributed by atoms with van der Waals surface area (Å²) in [6, 6.07) is 8.67. The Hall–Kier alpha value is -1.30. The smallest absolute Gasteiger partial charge is 0.0594 e. The van der Waals surface area contributed by atoms with Gasteiger partial charge >= 0.3 is 0 Å². The molecule has 2 heteroatoms. The van der Waals surface area contributed by atoms with Gasteiger partial charge in [0.25, 0.3) is 0 Å². The summed E-state index contributed by atoms with van der Waals surface area (Å²) in [5.41, 5.74) is 2.36. The molecule has 1 aromatic carbocycles. The van der Waals surface area contributed by atoms with Crippen molar-refractivity contribution >= 4 is 0 Å². The fourth-order valence-corrected chi connectivity index (χ4v) is 2.13. The van der Waals surface area contributed by atoms with Crippen molar-refractivity contribution in [2.75, 3.05) is 26.3 Å². The molecule has 0 N–H and O–H groups in total. The molecule has 2 rings (SSSR count). The maximum atomic E-state index is 5.55. The van der Waals surface area contributed by atoms with E-state index in [2.05, 4.69) is 48.9 Å². The molecular weight excluding hydrogens is 222 g/mol. The predicted molar refractivity (Wildman–Crippen MR) is 74.4 cm³/mol. The van der Waals surface area contributed by atoms with Gasteiger partial charge in [-0.25, -0.2) is 0 Å². The standard InChI is InChI=1S/C16H21NO/c1-4-16(2,3)15-7-5-14(6-8-15)13-17-9-11-18-12-10-17/h1,5-8H,9-13H2,2-3H3. The number of nitrogens with zero attached hydrogens (tertiary/aromatic N) is 1. The third-order valence-corrected chi connectivity index (χ3v) is 3.55. The molecule has 0 amide bonds. The Morgan fingerprint density at radius 2 is 1.83 bits per heavy atom. The van der Waals surface area contributed by atoms with Gasteiger partial charge < -0.3 is 4.74 Å². The van der Waals surface area contributed by atoms with Crippen molar-refractivity contribution < 1.29 is 4.74 Å². The summed E-state index contributed by atoms with van der Waals surface area (Å²) in [5.74, 6) is 2.83. The summed E-state index contributed by atoms with van der Waals surface area (Å²) in [7, 11) is 0. The van der Waals surface area contributed by atoms with E-state index < -0.39 is 0 Å². The first-order valence-electron chi connectivity index (χ1n) is 6.49. The summed E-state index contributed by atoms with van der Waals surface area (Å²) in [4.78, 5) is 2.42. The molecular formula is C16H21NO. The minimum absolute atomic E-state index is 0.183. The van der Waals surface area contributed by atoms with Crippen LogP contribution in [0.2, 0.25) is 0 Å². The van der Waals surface area contributed by atoms with Crippen LogP contribution >= 0.6 is 0 Å². The number of hydrogen-bond donors (Lipinski definition) is 0. The van der Waals surface area contributed by atoms with Crippen LogP contribution in [0.5, 0.6) is 0 Å². The van der Waals surface area contributed by atoms with Gasteiger partial charge in [-0.1, -0.05) is 30.2 Å². The minimum atomic E-state index is -0.183. The van der Waals surface area contributed by atoms with E-state index in [9.17, 15) is 0 Å². The molecule has 0 unspecified atom stereocenters. The monoisotopic (exact) mass is 243 g/mol. The average molecular weight is 243 g/mol. The van der Waals surface area contributed by atoms with Gasteiger partial charge in [0.05, 0.1) is 18.6 Å². The van der Waals surface area contributed by atoms with E-state index in [0.29, 0.717) is 0 Å². The lowest BCUT2D eigenvalue weighted by atomic mass is 9.85. The molecule has 0 saturated carbocycles. The van der Waals surface area contributed by atoms with Crippen LogP contribution in [0, 0.1) is 12.3 Å². The number of hydrogen-bond acceptors (Lipinski definition) is 2. The minimum Gasteiger partial charge on any atom is -0.379 e. The molecule has 0 radical (unpaired) electrons. The van der Waals surface area contributed by atoms with Crippen molar-refractivity contribution in [2.45, 2.75) is 25.8 Å². The lowest BCUT2D eigenvalue weighted by molar-refractivity contribution is 0.0342. The van der Waals surface area contributed by atoms with Crippen LogP contribution in [0.3, 0.4) is 0 Å². The van der Waals surface area contributed by atoms with Gasteiger partial charge in [0.15, 0.2) is 0 Å². The Labute approximate surface area is 110 Å². The van der Waals surface area contributed by atoms with E-state index >= 15 is 0 Å². The third-order valence-electron chi connectivity index (χ3n) is 3.55. The van der Waals surface area contributed by atoms with E-state index in [1.165, 1.54) is 11.1 Å². The van der Waals surface area contributed by atoms with Crippen molar-refractivity contribution in [3.8, 4) is 12.3 Å². The van der Waals surface area contributed by atoms with Gasteiger partial charge in [-0.05, 0) is 25.0 Å².